The van der Waals surface area contributed by atoms with Gasteiger partial charge in [-0.25, -0.2) is 0 Å². The fourth-order valence-corrected chi connectivity index (χ4v) is 7.08. The fourth-order valence-electron chi connectivity index (χ4n) is 7.08. The van der Waals surface area contributed by atoms with Gasteiger partial charge in [-0.1, -0.05) is 38.2 Å². The molecule has 0 aromatic carbocycles. The van der Waals surface area contributed by atoms with Crippen molar-refractivity contribution in [3.8, 4) is 0 Å². The molecule has 30 heavy (non-hydrogen) atoms. The zero-order valence-electron chi connectivity index (χ0n) is 18.5. The third-order valence-electron chi connectivity index (χ3n) is 8.47. The Balaban J connectivity index is 1.38. The van der Waals surface area contributed by atoms with E-state index in [1.165, 1.54) is 51.4 Å². The second-order valence-electron chi connectivity index (χ2n) is 10.5. The Labute approximate surface area is 180 Å². The number of nitrogens with zero attached hydrogens (tertiary/aromatic N) is 3. The minimum atomic E-state index is 0.126. The highest BCUT2D eigenvalue weighted by Crippen LogP contribution is 2.44. The topological polar surface area (TPSA) is 45.5 Å². The van der Waals surface area contributed by atoms with E-state index in [1.54, 1.807) is 4.57 Å². The molecule has 5 rings (SSSR count). The summed E-state index contributed by atoms with van der Waals surface area (Å²) in [6, 6.07) is 4.82. The lowest BCUT2D eigenvalue weighted by Gasteiger charge is -2.57. The predicted octanol–water partition coefficient (Wildman–Crippen LogP) is 3.56. The lowest BCUT2D eigenvalue weighted by molar-refractivity contribution is -0.154. The van der Waals surface area contributed by atoms with Gasteiger partial charge in [0.1, 0.15) is 0 Å². The average molecular weight is 412 g/mol. The molecule has 1 saturated carbocycles. The van der Waals surface area contributed by atoms with Crippen LogP contribution in [-0.4, -0.2) is 45.4 Å². The molecule has 3 aliphatic heterocycles. The van der Waals surface area contributed by atoms with Crippen molar-refractivity contribution in [1.82, 2.24) is 14.4 Å². The van der Waals surface area contributed by atoms with Crippen molar-refractivity contribution in [3.63, 3.8) is 0 Å². The van der Waals surface area contributed by atoms with Gasteiger partial charge in [-0.3, -0.25) is 14.5 Å². The summed E-state index contributed by atoms with van der Waals surface area (Å²) in [5.41, 5.74) is 1.03. The monoisotopic (exact) mass is 411 g/mol. The number of hydrogen-bond donors (Lipinski definition) is 0. The molecular weight excluding hydrogens is 374 g/mol. The van der Waals surface area contributed by atoms with Gasteiger partial charge in [-0.2, -0.15) is 0 Å². The van der Waals surface area contributed by atoms with E-state index in [0.717, 1.165) is 44.0 Å². The summed E-state index contributed by atoms with van der Waals surface area (Å²) in [6.07, 6.45) is 14.1. The molecule has 5 heteroatoms. The summed E-state index contributed by atoms with van der Waals surface area (Å²) in [5, 5.41) is 0. The molecule has 3 saturated heterocycles. The number of pyridine rings is 1. The fraction of sp³-hybridized carbons (Fsp3) is 0.760. The quantitative estimate of drug-likeness (QED) is 0.761. The molecule has 5 nitrogen and oxygen atoms in total. The van der Waals surface area contributed by atoms with Gasteiger partial charge in [0, 0.05) is 56.9 Å². The highest BCUT2D eigenvalue weighted by Gasteiger charge is 2.49. The van der Waals surface area contributed by atoms with Gasteiger partial charge in [-0.15, -0.1) is 0 Å². The van der Waals surface area contributed by atoms with Gasteiger partial charge in [0.25, 0.3) is 5.56 Å². The molecule has 0 radical (unpaired) electrons. The normalized spacial score (nSPS) is 32.8. The molecule has 4 fully saturated rings. The van der Waals surface area contributed by atoms with Crippen molar-refractivity contribution >= 4 is 5.91 Å². The maximum Gasteiger partial charge on any atom is 0.254 e. The van der Waals surface area contributed by atoms with E-state index in [0.29, 0.717) is 29.8 Å². The van der Waals surface area contributed by atoms with E-state index < -0.39 is 0 Å². The van der Waals surface area contributed by atoms with Crippen molar-refractivity contribution in [2.45, 2.75) is 82.8 Å². The van der Waals surface area contributed by atoms with Gasteiger partial charge in [-0.05, 0) is 49.5 Å². The number of likely N-dealkylation sites (tertiary alicyclic amines) is 1. The number of carbonyl (C=O) groups excluding carboxylic acids is 1. The molecule has 2 bridgehead atoms. The molecule has 4 heterocycles. The first-order chi connectivity index (χ1) is 14.6. The molecule has 164 valence electrons. The third-order valence-corrected chi connectivity index (χ3v) is 8.47. The summed E-state index contributed by atoms with van der Waals surface area (Å²) in [7, 11) is 1.84. The van der Waals surface area contributed by atoms with E-state index >= 15 is 0 Å². The second-order valence-corrected chi connectivity index (χ2v) is 10.5. The zero-order valence-corrected chi connectivity index (χ0v) is 18.5. The van der Waals surface area contributed by atoms with Gasteiger partial charge in [0.2, 0.25) is 5.91 Å². The molecule has 4 atom stereocenters. The smallest absolute Gasteiger partial charge is 0.254 e. The highest BCUT2D eigenvalue weighted by molar-refractivity contribution is 5.78. The molecule has 0 N–H and O–H groups in total. The molecule has 0 unspecified atom stereocenters. The summed E-state index contributed by atoms with van der Waals surface area (Å²) in [6.45, 7) is 2.80. The lowest BCUT2D eigenvalue weighted by atomic mass is 9.69. The van der Waals surface area contributed by atoms with Crippen LogP contribution in [0.3, 0.4) is 0 Å². The van der Waals surface area contributed by atoms with Gasteiger partial charge < -0.3 is 9.47 Å². The Morgan fingerprint density at radius 2 is 1.80 bits per heavy atom. The Bertz CT molecular complexity index is 828. The zero-order chi connectivity index (χ0) is 20.7. The van der Waals surface area contributed by atoms with Crippen LogP contribution in [0.4, 0.5) is 0 Å². The summed E-state index contributed by atoms with van der Waals surface area (Å²) in [5.74, 6) is 2.36. The average Bonchev–Trinajstić information content (AvgIpc) is 2.75. The minimum absolute atomic E-state index is 0.126. The summed E-state index contributed by atoms with van der Waals surface area (Å²) < 4.78 is 1.69. The van der Waals surface area contributed by atoms with Crippen molar-refractivity contribution in [2.75, 3.05) is 13.1 Å². The number of carbonyl (C=O) groups is 1. The standard InChI is InChI=1S/C25H37N3O2/c1-26-12-6-9-19(25(26)30)15-27-16-20-14-21(17-27)23(13-18-7-3-2-4-8-18)28-22(20)10-5-11-24(28)29/h6,9,12,18,20-23H,2-5,7-8,10-11,13-17H2,1H3/t20-,21+,22+,23+/m1/s1. The first-order valence-corrected chi connectivity index (χ1v) is 12.3. The van der Waals surface area contributed by atoms with E-state index in [-0.39, 0.29) is 5.56 Å². The highest BCUT2D eigenvalue weighted by atomic mass is 16.2. The van der Waals surface area contributed by atoms with Crippen LogP contribution < -0.4 is 5.56 Å². The van der Waals surface area contributed by atoms with Crippen LogP contribution in [0.25, 0.3) is 0 Å². The van der Waals surface area contributed by atoms with Crippen LogP contribution >= 0.6 is 0 Å². The largest absolute Gasteiger partial charge is 0.336 e. The molecule has 0 spiro atoms. The Hall–Kier alpha value is -1.62. The maximum absolute atomic E-state index is 13.0. The Morgan fingerprint density at radius 3 is 2.63 bits per heavy atom. The number of aryl methyl sites for hydroxylation is 1. The summed E-state index contributed by atoms with van der Waals surface area (Å²) >= 11 is 0. The van der Waals surface area contributed by atoms with Crippen LogP contribution in [0.15, 0.2) is 23.1 Å². The van der Waals surface area contributed by atoms with Crippen LogP contribution in [0.5, 0.6) is 0 Å². The number of piperidine rings is 3. The van der Waals surface area contributed by atoms with Crippen LogP contribution in [0.1, 0.15) is 69.8 Å². The van der Waals surface area contributed by atoms with Gasteiger partial charge >= 0.3 is 0 Å². The maximum atomic E-state index is 13.0. The first kappa shape index (κ1) is 20.3. The third kappa shape index (κ3) is 3.86. The van der Waals surface area contributed by atoms with Crippen LogP contribution in [0.2, 0.25) is 0 Å². The first-order valence-electron chi connectivity index (χ1n) is 12.3. The SMILES string of the molecule is Cn1cccc(CN2C[C@H]3C[C@@H](C2)[C@H](CC2CCCCC2)N2C(=O)CCC[C@@H]32)c1=O. The molecular formula is C25H37N3O2. The van der Waals surface area contributed by atoms with E-state index in [4.69, 9.17) is 0 Å². The minimum Gasteiger partial charge on any atom is -0.336 e. The van der Waals surface area contributed by atoms with Gasteiger partial charge in [0.05, 0.1) is 0 Å². The Morgan fingerprint density at radius 1 is 1.00 bits per heavy atom. The molecule has 1 aromatic heterocycles. The molecule has 1 aromatic rings. The molecule has 4 aliphatic rings. The van der Waals surface area contributed by atoms with E-state index in [2.05, 4.69) is 9.80 Å². The number of aromatic nitrogens is 1. The van der Waals surface area contributed by atoms with Crippen molar-refractivity contribution < 1.29 is 4.79 Å². The van der Waals surface area contributed by atoms with Crippen LogP contribution in [0, 0.1) is 17.8 Å². The predicted molar refractivity (Wildman–Crippen MR) is 118 cm³/mol. The van der Waals surface area contributed by atoms with E-state index in [1.807, 2.05) is 25.4 Å². The Kier molecular flexibility index (Phi) is 5.74. The van der Waals surface area contributed by atoms with Crippen molar-refractivity contribution in [3.05, 3.63) is 34.2 Å². The molecule has 1 amide bonds. The van der Waals surface area contributed by atoms with Gasteiger partial charge in [0.15, 0.2) is 0 Å². The number of fused-ring (bicyclic) bond motifs is 4. The molecule has 1 aliphatic carbocycles. The number of hydrogen-bond acceptors (Lipinski definition) is 3. The summed E-state index contributed by atoms with van der Waals surface area (Å²) in [4.78, 5) is 30.5. The van der Waals surface area contributed by atoms with Crippen molar-refractivity contribution in [2.24, 2.45) is 24.8 Å². The number of amides is 1. The number of rotatable bonds is 4. The van der Waals surface area contributed by atoms with E-state index in [9.17, 15) is 9.59 Å². The van der Waals surface area contributed by atoms with Crippen LogP contribution in [-0.2, 0) is 18.4 Å². The lowest BCUT2D eigenvalue weighted by Crippen LogP contribution is -2.65. The second kappa shape index (κ2) is 8.49. The van der Waals surface area contributed by atoms with Crippen molar-refractivity contribution in [1.29, 1.82) is 0 Å².